The monoisotopic (exact) mass is 541 g/mol. The molecule has 1 aliphatic rings. The van der Waals surface area contributed by atoms with E-state index in [1.165, 1.54) is 20.6 Å². The van der Waals surface area contributed by atoms with Crippen molar-refractivity contribution in [3.63, 3.8) is 0 Å². The SMILES string of the molecule is COc1cc(/C=C2\SC(=O)N(Cc3ccc(C)cc3)C2=O)ccc1OCCSc1cccc2ccccc12. The van der Waals surface area contributed by atoms with Crippen molar-refractivity contribution < 1.29 is 19.1 Å². The molecule has 0 atom stereocenters. The fraction of sp³-hybridized carbons (Fsp3) is 0.161. The molecule has 1 heterocycles. The average Bonchev–Trinajstić information content (AvgIpc) is 3.20. The van der Waals surface area contributed by atoms with Gasteiger partial charge in [-0.15, -0.1) is 11.8 Å². The number of nitrogens with zero attached hydrogens (tertiary/aromatic N) is 1. The Balaban J connectivity index is 1.22. The summed E-state index contributed by atoms with van der Waals surface area (Å²) in [6.45, 7) is 2.78. The molecule has 0 spiro atoms. The summed E-state index contributed by atoms with van der Waals surface area (Å²) in [5, 5.41) is 2.20. The Bertz CT molecular complexity index is 1510. The largest absolute Gasteiger partial charge is 0.493 e. The number of hydrogen-bond acceptors (Lipinski definition) is 6. The van der Waals surface area contributed by atoms with Crippen molar-refractivity contribution in [1.29, 1.82) is 0 Å². The molecule has 1 aliphatic heterocycles. The minimum absolute atomic E-state index is 0.259. The lowest BCUT2D eigenvalue weighted by molar-refractivity contribution is -0.123. The van der Waals surface area contributed by atoms with Gasteiger partial charge in [-0.25, -0.2) is 0 Å². The number of methoxy groups -OCH3 is 1. The molecule has 1 fully saturated rings. The van der Waals surface area contributed by atoms with E-state index >= 15 is 0 Å². The standard InChI is InChI=1S/C31H27NO4S2/c1-21-10-12-22(13-11-21)20-32-30(33)29(38-31(32)34)19-23-14-15-26(27(18-23)35-2)36-16-17-37-28-9-5-7-24-6-3-4-8-25(24)28/h3-15,18-19H,16-17,20H2,1-2H3/b29-19-. The van der Waals surface area contributed by atoms with E-state index in [1.54, 1.807) is 24.9 Å². The van der Waals surface area contributed by atoms with E-state index in [0.717, 1.165) is 34.2 Å². The van der Waals surface area contributed by atoms with Crippen molar-refractivity contribution in [2.45, 2.75) is 18.4 Å². The lowest BCUT2D eigenvalue weighted by Gasteiger charge is -2.13. The first-order chi connectivity index (χ1) is 18.5. The van der Waals surface area contributed by atoms with Crippen LogP contribution in [0, 0.1) is 6.92 Å². The minimum Gasteiger partial charge on any atom is -0.493 e. The molecule has 2 amide bonds. The third kappa shape index (κ3) is 5.90. The summed E-state index contributed by atoms with van der Waals surface area (Å²) in [5.74, 6) is 1.71. The maximum Gasteiger partial charge on any atom is 0.293 e. The Morgan fingerprint density at radius 2 is 1.71 bits per heavy atom. The van der Waals surface area contributed by atoms with Crippen molar-refractivity contribution >= 4 is 51.5 Å². The molecule has 0 N–H and O–H groups in total. The minimum atomic E-state index is -0.287. The van der Waals surface area contributed by atoms with Gasteiger partial charge in [-0.2, -0.15) is 0 Å². The maximum atomic E-state index is 12.9. The zero-order valence-corrected chi connectivity index (χ0v) is 22.8. The number of rotatable bonds is 9. The second-order valence-electron chi connectivity index (χ2n) is 8.84. The van der Waals surface area contributed by atoms with E-state index in [0.29, 0.717) is 23.0 Å². The van der Waals surface area contributed by atoms with Gasteiger partial charge in [0.1, 0.15) is 0 Å². The lowest BCUT2D eigenvalue weighted by atomic mass is 10.1. The van der Waals surface area contributed by atoms with Crippen LogP contribution >= 0.6 is 23.5 Å². The molecule has 4 aromatic rings. The van der Waals surface area contributed by atoms with Crippen LogP contribution in [0.2, 0.25) is 0 Å². The van der Waals surface area contributed by atoms with E-state index in [4.69, 9.17) is 9.47 Å². The van der Waals surface area contributed by atoms with Crippen LogP contribution in [0.4, 0.5) is 4.79 Å². The van der Waals surface area contributed by atoms with Crippen LogP contribution in [0.1, 0.15) is 16.7 Å². The summed E-state index contributed by atoms with van der Waals surface area (Å²) in [5.41, 5.74) is 2.81. The number of fused-ring (bicyclic) bond motifs is 1. The highest BCUT2D eigenvalue weighted by Crippen LogP contribution is 2.35. The fourth-order valence-electron chi connectivity index (χ4n) is 4.18. The number of benzene rings is 4. The molecule has 38 heavy (non-hydrogen) atoms. The van der Waals surface area contributed by atoms with E-state index in [1.807, 2.05) is 55.5 Å². The molecule has 5 rings (SSSR count). The van der Waals surface area contributed by atoms with E-state index in [9.17, 15) is 9.59 Å². The van der Waals surface area contributed by atoms with Gasteiger partial charge < -0.3 is 9.47 Å². The number of thioether (sulfide) groups is 2. The number of aryl methyl sites for hydroxylation is 1. The molecule has 0 aliphatic carbocycles. The number of ether oxygens (including phenoxy) is 2. The first-order valence-corrected chi connectivity index (χ1v) is 14.0. The first kappa shape index (κ1) is 25.9. The molecule has 192 valence electrons. The summed E-state index contributed by atoms with van der Waals surface area (Å²) in [6, 6.07) is 28.0. The Hall–Kier alpha value is -3.68. The normalized spacial score (nSPS) is 14.5. The second kappa shape index (κ2) is 11.8. The first-order valence-electron chi connectivity index (χ1n) is 12.2. The fourth-order valence-corrected chi connectivity index (χ4v) is 5.92. The molecule has 4 aromatic carbocycles. The van der Waals surface area contributed by atoms with Crippen LogP contribution in [-0.2, 0) is 11.3 Å². The number of carbonyl (C=O) groups excluding carboxylic acids is 2. The van der Waals surface area contributed by atoms with Crippen LogP contribution in [0.3, 0.4) is 0 Å². The highest BCUT2D eigenvalue weighted by Gasteiger charge is 2.35. The van der Waals surface area contributed by atoms with Crippen LogP contribution in [0.5, 0.6) is 11.5 Å². The second-order valence-corrected chi connectivity index (χ2v) is 11.0. The Morgan fingerprint density at radius 3 is 2.53 bits per heavy atom. The van der Waals surface area contributed by atoms with Gasteiger partial charge in [-0.05, 0) is 64.9 Å². The van der Waals surface area contributed by atoms with Crippen molar-refractivity contribution in [3.8, 4) is 11.5 Å². The topological polar surface area (TPSA) is 55.8 Å². The van der Waals surface area contributed by atoms with Gasteiger partial charge in [0.2, 0.25) is 0 Å². The van der Waals surface area contributed by atoms with Crippen LogP contribution in [-0.4, -0.2) is 35.5 Å². The Morgan fingerprint density at radius 1 is 0.921 bits per heavy atom. The zero-order chi connectivity index (χ0) is 26.5. The molecule has 0 aromatic heterocycles. The molecule has 5 nitrogen and oxygen atoms in total. The highest BCUT2D eigenvalue weighted by atomic mass is 32.2. The molecule has 0 saturated carbocycles. The van der Waals surface area contributed by atoms with Crippen molar-refractivity contribution in [3.05, 3.63) is 107 Å². The summed E-state index contributed by atoms with van der Waals surface area (Å²) in [7, 11) is 1.59. The molecular formula is C31H27NO4S2. The third-order valence-electron chi connectivity index (χ3n) is 6.17. The summed E-state index contributed by atoms with van der Waals surface area (Å²) in [6.07, 6.45) is 1.72. The molecule has 0 bridgehead atoms. The van der Waals surface area contributed by atoms with Crippen molar-refractivity contribution in [1.82, 2.24) is 4.90 Å². The smallest absolute Gasteiger partial charge is 0.293 e. The summed E-state index contributed by atoms with van der Waals surface area (Å²) >= 11 is 2.71. The van der Waals surface area contributed by atoms with Gasteiger partial charge in [0.15, 0.2) is 11.5 Å². The molecular weight excluding hydrogens is 514 g/mol. The third-order valence-corrected chi connectivity index (χ3v) is 8.11. The number of hydrogen-bond donors (Lipinski definition) is 0. The summed E-state index contributed by atoms with van der Waals surface area (Å²) in [4.78, 5) is 28.4. The quantitative estimate of drug-likeness (QED) is 0.124. The van der Waals surface area contributed by atoms with Gasteiger partial charge >= 0.3 is 0 Å². The average molecular weight is 542 g/mol. The molecule has 7 heteroatoms. The van der Waals surface area contributed by atoms with E-state index < -0.39 is 0 Å². The van der Waals surface area contributed by atoms with Crippen LogP contribution < -0.4 is 9.47 Å². The van der Waals surface area contributed by atoms with Gasteiger partial charge in [0, 0.05) is 10.6 Å². The Kier molecular flexibility index (Phi) is 8.05. The number of amides is 2. The maximum absolute atomic E-state index is 12.9. The van der Waals surface area contributed by atoms with Crippen LogP contribution in [0.25, 0.3) is 16.8 Å². The summed E-state index contributed by atoms with van der Waals surface area (Å²) < 4.78 is 11.6. The number of imide groups is 1. The predicted octanol–water partition coefficient (Wildman–Crippen LogP) is 7.56. The Labute approximate surface area is 230 Å². The zero-order valence-electron chi connectivity index (χ0n) is 21.2. The van der Waals surface area contributed by atoms with Crippen LogP contribution in [0.15, 0.2) is 94.7 Å². The highest BCUT2D eigenvalue weighted by molar-refractivity contribution is 8.18. The molecule has 1 saturated heterocycles. The van der Waals surface area contributed by atoms with Gasteiger partial charge in [-0.3, -0.25) is 14.5 Å². The predicted molar refractivity (Wildman–Crippen MR) is 156 cm³/mol. The van der Waals surface area contributed by atoms with Crippen molar-refractivity contribution in [2.24, 2.45) is 0 Å². The van der Waals surface area contributed by atoms with Crippen molar-refractivity contribution in [2.75, 3.05) is 19.5 Å². The van der Waals surface area contributed by atoms with E-state index in [2.05, 4.69) is 36.4 Å². The number of carbonyl (C=O) groups is 2. The van der Waals surface area contributed by atoms with Gasteiger partial charge in [0.05, 0.1) is 25.2 Å². The van der Waals surface area contributed by atoms with Gasteiger partial charge in [-0.1, -0.05) is 72.3 Å². The molecule has 0 radical (unpaired) electrons. The molecule has 0 unspecified atom stereocenters. The van der Waals surface area contributed by atoms with Gasteiger partial charge in [0.25, 0.3) is 11.1 Å². The van der Waals surface area contributed by atoms with E-state index in [-0.39, 0.29) is 17.7 Å². The lowest BCUT2D eigenvalue weighted by Crippen LogP contribution is -2.27.